The van der Waals surface area contributed by atoms with Crippen LogP contribution in [0, 0.1) is 10.1 Å². The third kappa shape index (κ3) is 3.95. The third-order valence-corrected chi connectivity index (χ3v) is 4.67. The van der Waals surface area contributed by atoms with Gasteiger partial charge in [-0.1, -0.05) is 35.9 Å². The number of nitro groups is 1. The molecular formula is C21H14ClN3O4. The number of hydrogen-bond donors (Lipinski definition) is 1. The van der Waals surface area contributed by atoms with E-state index in [1.807, 2.05) is 48.5 Å². The standard InChI is InChI=1S/C21H14ClN3O4/c22-16-10-9-15(11-18(16)25(27)28)20(26)23-12-13-5-7-14(8-6-13)21-24-17-3-1-2-4-19(17)29-21/h1-11H,12H2,(H,23,26). The number of hydrogen-bond acceptors (Lipinski definition) is 5. The molecule has 144 valence electrons. The van der Waals surface area contributed by atoms with Crippen molar-refractivity contribution in [1.82, 2.24) is 10.3 Å². The number of carbonyl (C=O) groups is 1. The largest absolute Gasteiger partial charge is 0.436 e. The maximum Gasteiger partial charge on any atom is 0.288 e. The second kappa shape index (κ2) is 7.73. The van der Waals surface area contributed by atoms with Crippen LogP contribution in [0.5, 0.6) is 0 Å². The number of nitro benzene ring substituents is 1. The normalized spacial score (nSPS) is 10.8. The van der Waals surface area contributed by atoms with Crippen LogP contribution < -0.4 is 5.32 Å². The van der Waals surface area contributed by atoms with Crippen LogP contribution in [0.25, 0.3) is 22.6 Å². The molecule has 0 radical (unpaired) electrons. The number of fused-ring (bicyclic) bond motifs is 1. The highest BCUT2D eigenvalue weighted by molar-refractivity contribution is 6.32. The van der Waals surface area contributed by atoms with E-state index in [9.17, 15) is 14.9 Å². The highest BCUT2D eigenvalue weighted by Crippen LogP contribution is 2.26. The lowest BCUT2D eigenvalue weighted by Crippen LogP contribution is -2.22. The van der Waals surface area contributed by atoms with Crippen molar-refractivity contribution in [3.8, 4) is 11.5 Å². The monoisotopic (exact) mass is 407 g/mol. The molecule has 1 amide bonds. The number of amides is 1. The molecule has 1 aromatic heterocycles. The number of aromatic nitrogens is 1. The lowest BCUT2D eigenvalue weighted by atomic mass is 10.1. The van der Waals surface area contributed by atoms with E-state index in [2.05, 4.69) is 10.3 Å². The molecule has 0 aliphatic carbocycles. The quantitative estimate of drug-likeness (QED) is 0.371. The molecule has 0 atom stereocenters. The van der Waals surface area contributed by atoms with E-state index in [4.69, 9.17) is 16.0 Å². The summed E-state index contributed by atoms with van der Waals surface area (Å²) in [6.45, 7) is 0.267. The predicted molar refractivity (Wildman–Crippen MR) is 109 cm³/mol. The fourth-order valence-corrected chi connectivity index (χ4v) is 3.03. The van der Waals surface area contributed by atoms with Crippen molar-refractivity contribution in [3.05, 3.63) is 93.0 Å². The zero-order valence-corrected chi connectivity index (χ0v) is 15.7. The van der Waals surface area contributed by atoms with Crippen LogP contribution in [0.3, 0.4) is 0 Å². The summed E-state index contributed by atoms with van der Waals surface area (Å²) in [5, 5.41) is 13.7. The van der Waals surface area contributed by atoms with Crippen LogP contribution in [0.15, 0.2) is 71.1 Å². The van der Waals surface area contributed by atoms with Gasteiger partial charge in [0.25, 0.3) is 11.6 Å². The van der Waals surface area contributed by atoms with E-state index < -0.39 is 10.8 Å². The van der Waals surface area contributed by atoms with E-state index in [-0.39, 0.29) is 22.8 Å². The molecule has 0 aliphatic heterocycles. The van der Waals surface area contributed by atoms with Crippen LogP contribution in [-0.4, -0.2) is 15.8 Å². The Labute approximate surface area is 170 Å². The van der Waals surface area contributed by atoms with Gasteiger partial charge < -0.3 is 9.73 Å². The Morgan fingerprint density at radius 3 is 2.59 bits per heavy atom. The predicted octanol–water partition coefficient (Wildman–Crippen LogP) is 4.99. The van der Waals surface area contributed by atoms with Crippen LogP contribution >= 0.6 is 11.6 Å². The summed E-state index contributed by atoms with van der Waals surface area (Å²) in [6, 6.07) is 18.9. The molecule has 29 heavy (non-hydrogen) atoms. The minimum absolute atomic E-state index is 0.0127. The van der Waals surface area contributed by atoms with Gasteiger partial charge in [0.2, 0.25) is 5.89 Å². The molecule has 0 aliphatic rings. The number of halogens is 1. The lowest BCUT2D eigenvalue weighted by Gasteiger charge is -2.06. The van der Waals surface area contributed by atoms with Gasteiger partial charge in [-0.2, -0.15) is 0 Å². The summed E-state index contributed by atoms with van der Waals surface area (Å²) in [4.78, 5) is 27.1. The zero-order chi connectivity index (χ0) is 20.4. The zero-order valence-electron chi connectivity index (χ0n) is 15.0. The smallest absolute Gasteiger partial charge is 0.288 e. The Morgan fingerprint density at radius 1 is 1.10 bits per heavy atom. The average Bonchev–Trinajstić information content (AvgIpc) is 3.17. The van der Waals surface area contributed by atoms with E-state index in [0.717, 1.165) is 28.3 Å². The Morgan fingerprint density at radius 2 is 1.86 bits per heavy atom. The molecular weight excluding hydrogens is 394 g/mol. The lowest BCUT2D eigenvalue weighted by molar-refractivity contribution is -0.384. The Hall–Kier alpha value is -3.71. The molecule has 0 unspecified atom stereocenters. The van der Waals surface area contributed by atoms with E-state index >= 15 is 0 Å². The molecule has 0 spiro atoms. The number of nitrogens with one attached hydrogen (secondary N) is 1. The maximum absolute atomic E-state index is 12.3. The number of benzene rings is 3. The van der Waals surface area contributed by atoms with Crippen LogP contribution in [-0.2, 0) is 6.54 Å². The maximum atomic E-state index is 12.3. The first kappa shape index (κ1) is 18.6. The van der Waals surface area contributed by atoms with Crippen molar-refractivity contribution in [2.75, 3.05) is 0 Å². The molecule has 7 nitrogen and oxygen atoms in total. The molecule has 0 saturated heterocycles. The SMILES string of the molecule is O=C(NCc1ccc(-c2nc3ccccc3o2)cc1)c1ccc(Cl)c([N+](=O)[O-])c1. The van der Waals surface area contributed by atoms with Gasteiger partial charge >= 0.3 is 0 Å². The summed E-state index contributed by atoms with van der Waals surface area (Å²) in [7, 11) is 0. The summed E-state index contributed by atoms with van der Waals surface area (Å²) < 4.78 is 5.74. The van der Waals surface area contributed by atoms with Crippen LogP contribution in [0.1, 0.15) is 15.9 Å². The van der Waals surface area contributed by atoms with Crippen molar-refractivity contribution in [2.45, 2.75) is 6.54 Å². The van der Waals surface area contributed by atoms with Gasteiger partial charge in [-0.15, -0.1) is 0 Å². The number of rotatable bonds is 5. The number of oxazole rings is 1. The van der Waals surface area contributed by atoms with Crippen molar-refractivity contribution in [2.24, 2.45) is 0 Å². The minimum Gasteiger partial charge on any atom is -0.436 e. The van der Waals surface area contributed by atoms with E-state index in [1.165, 1.54) is 12.1 Å². The molecule has 8 heteroatoms. The van der Waals surface area contributed by atoms with Crippen molar-refractivity contribution in [1.29, 1.82) is 0 Å². The van der Waals surface area contributed by atoms with E-state index in [0.29, 0.717) is 5.89 Å². The molecule has 0 bridgehead atoms. The van der Waals surface area contributed by atoms with E-state index in [1.54, 1.807) is 0 Å². The molecule has 3 aromatic carbocycles. The van der Waals surface area contributed by atoms with Crippen LogP contribution in [0.2, 0.25) is 5.02 Å². The first-order chi connectivity index (χ1) is 14.0. The van der Waals surface area contributed by atoms with Crippen molar-refractivity contribution < 1.29 is 14.1 Å². The number of para-hydroxylation sites is 2. The average molecular weight is 408 g/mol. The summed E-state index contributed by atoms with van der Waals surface area (Å²) in [5.74, 6) is 0.100. The van der Waals surface area contributed by atoms with Gasteiger partial charge in [-0.25, -0.2) is 4.98 Å². The summed E-state index contributed by atoms with van der Waals surface area (Å²) in [5.41, 5.74) is 3.06. The van der Waals surface area contributed by atoms with Gasteiger partial charge in [0.15, 0.2) is 5.58 Å². The fourth-order valence-electron chi connectivity index (χ4n) is 2.84. The molecule has 4 aromatic rings. The van der Waals surface area contributed by atoms with Gasteiger partial charge in [-0.3, -0.25) is 14.9 Å². The number of carbonyl (C=O) groups excluding carboxylic acids is 1. The summed E-state index contributed by atoms with van der Waals surface area (Å²) >= 11 is 5.77. The molecule has 0 saturated carbocycles. The Bertz CT molecular complexity index is 1190. The van der Waals surface area contributed by atoms with Gasteiger partial charge in [0, 0.05) is 23.7 Å². The Kier molecular flexibility index (Phi) is 4.97. The molecule has 0 fully saturated rings. The van der Waals surface area contributed by atoms with Crippen molar-refractivity contribution >= 4 is 34.3 Å². The van der Waals surface area contributed by atoms with Crippen LogP contribution in [0.4, 0.5) is 5.69 Å². The highest BCUT2D eigenvalue weighted by atomic mass is 35.5. The second-order valence-corrected chi connectivity index (χ2v) is 6.70. The molecule has 1 N–H and O–H groups in total. The first-order valence-electron chi connectivity index (χ1n) is 8.68. The Balaban J connectivity index is 1.44. The highest BCUT2D eigenvalue weighted by Gasteiger charge is 2.16. The van der Waals surface area contributed by atoms with Gasteiger partial charge in [-0.05, 0) is 42.0 Å². The number of nitrogens with zero attached hydrogens (tertiary/aromatic N) is 2. The molecule has 1 heterocycles. The fraction of sp³-hybridized carbons (Fsp3) is 0.0476. The third-order valence-electron chi connectivity index (χ3n) is 4.35. The topological polar surface area (TPSA) is 98.3 Å². The van der Waals surface area contributed by atoms with Gasteiger partial charge in [0.05, 0.1) is 4.92 Å². The minimum atomic E-state index is -0.621. The van der Waals surface area contributed by atoms with Crippen molar-refractivity contribution in [3.63, 3.8) is 0 Å². The first-order valence-corrected chi connectivity index (χ1v) is 9.06. The second-order valence-electron chi connectivity index (χ2n) is 6.29. The molecule has 4 rings (SSSR count). The van der Waals surface area contributed by atoms with Gasteiger partial charge in [0.1, 0.15) is 10.5 Å². The summed E-state index contributed by atoms with van der Waals surface area (Å²) in [6.07, 6.45) is 0.